The molecule has 0 aliphatic carbocycles. The molecule has 0 bridgehead atoms. The van der Waals surface area contributed by atoms with Gasteiger partial charge in [0.15, 0.2) is 0 Å². The second kappa shape index (κ2) is 7.80. The van der Waals surface area contributed by atoms with Gasteiger partial charge >= 0.3 is 0 Å². The Balaban J connectivity index is 2.35. The van der Waals surface area contributed by atoms with Crippen LogP contribution in [0.25, 0.3) is 0 Å². The van der Waals surface area contributed by atoms with Gasteiger partial charge < -0.3 is 0 Å². The highest BCUT2D eigenvalue weighted by Gasteiger charge is 2.25. The molecule has 0 aliphatic rings. The van der Waals surface area contributed by atoms with E-state index in [1.165, 1.54) is 12.1 Å². The molecule has 1 N–H and O–H groups in total. The van der Waals surface area contributed by atoms with Crippen LogP contribution in [0.3, 0.4) is 0 Å². The molecule has 2 aromatic rings. The van der Waals surface area contributed by atoms with Gasteiger partial charge in [-0.15, -0.1) is 0 Å². The predicted molar refractivity (Wildman–Crippen MR) is 95.8 cm³/mol. The maximum absolute atomic E-state index is 13.5. The standard InChI is InChI=1S/C17H19BrF2N2OS/c1-17(2,3)24(23)22-15(16-14(18)5-4-6-21-16)9-11-7-12(19)10-13(20)8-11/h4-8,10,15,22H,9H2,1-3H3/t15-,24+/m1/s1. The summed E-state index contributed by atoms with van der Waals surface area (Å²) in [7, 11) is -1.36. The fourth-order valence-corrected chi connectivity index (χ4v) is 3.46. The normalized spacial score (nSPS) is 14.4. The summed E-state index contributed by atoms with van der Waals surface area (Å²) in [4.78, 5) is 4.32. The van der Waals surface area contributed by atoms with Gasteiger partial charge in [-0.05, 0) is 73.0 Å². The molecule has 0 radical (unpaired) electrons. The SMILES string of the molecule is CC(C)(C)[S@](=O)N[C@H](Cc1cc(F)cc(F)c1)c1ncccc1Br. The van der Waals surface area contributed by atoms with E-state index in [0.29, 0.717) is 11.3 Å². The predicted octanol–water partition coefficient (Wildman–Crippen LogP) is 4.46. The summed E-state index contributed by atoms with van der Waals surface area (Å²) in [6.45, 7) is 5.55. The van der Waals surface area contributed by atoms with E-state index >= 15 is 0 Å². The van der Waals surface area contributed by atoms with E-state index in [2.05, 4.69) is 25.6 Å². The summed E-state index contributed by atoms with van der Waals surface area (Å²) in [6, 6.07) is 6.51. The topological polar surface area (TPSA) is 42.0 Å². The lowest BCUT2D eigenvalue weighted by Crippen LogP contribution is -2.37. The van der Waals surface area contributed by atoms with Crippen molar-refractivity contribution < 1.29 is 13.0 Å². The molecular weight excluding hydrogens is 398 g/mol. The Morgan fingerprint density at radius 3 is 2.42 bits per heavy atom. The van der Waals surface area contributed by atoms with Gasteiger partial charge in [-0.3, -0.25) is 4.98 Å². The molecule has 0 unspecified atom stereocenters. The van der Waals surface area contributed by atoms with E-state index in [0.717, 1.165) is 10.5 Å². The fraction of sp³-hybridized carbons (Fsp3) is 0.353. The zero-order valence-corrected chi connectivity index (χ0v) is 16.0. The Morgan fingerprint density at radius 2 is 1.88 bits per heavy atom. The molecule has 0 saturated carbocycles. The minimum absolute atomic E-state index is 0.256. The number of nitrogens with one attached hydrogen (secondary N) is 1. The van der Waals surface area contributed by atoms with Crippen LogP contribution in [0.15, 0.2) is 41.0 Å². The summed E-state index contributed by atoms with van der Waals surface area (Å²) in [6.07, 6.45) is 1.88. The molecule has 3 nitrogen and oxygen atoms in total. The Hall–Kier alpha value is -1.18. The van der Waals surface area contributed by atoms with Crippen LogP contribution in [0.2, 0.25) is 0 Å². The minimum atomic E-state index is -1.36. The number of aromatic nitrogens is 1. The van der Waals surface area contributed by atoms with Crippen molar-refractivity contribution in [1.82, 2.24) is 9.71 Å². The van der Waals surface area contributed by atoms with Gasteiger partial charge in [0.1, 0.15) is 11.6 Å². The first-order valence-electron chi connectivity index (χ1n) is 7.40. The molecule has 0 spiro atoms. The van der Waals surface area contributed by atoms with Crippen LogP contribution >= 0.6 is 15.9 Å². The third-order valence-corrected chi connectivity index (χ3v) is 5.57. The van der Waals surface area contributed by atoms with Gasteiger partial charge in [0.05, 0.1) is 27.5 Å². The third kappa shape index (κ3) is 5.16. The molecule has 24 heavy (non-hydrogen) atoms. The van der Waals surface area contributed by atoms with Crippen molar-refractivity contribution in [2.24, 2.45) is 0 Å². The average molecular weight is 417 g/mol. The van der Waals surface area contributed by atoms with Gasteiger partial charge in [-0.25, -0.2) is 17.7 Å². The van der Waals surface area contributed by atoms with Gasteiger partial charge in [-0.1, -0.05) is 0 Å². The summed E-state index contributed by atoms with van der Waals surface area (Å²) >= 11 is 3.43. The molecule has 2 rings (SSSR count). The Bertz CT molecular complexity index is 729. The smallest absolute Gasteiger partial charge is 0.126 e. The number of halogens is 3. The Morgan fingerprint density at radius 1 is 1.25 bits per heavy atom. The number of benzene rings is 1. The zero-order chi connectivity index (χ0) is 17.9. The van der Waals surface area contributed by atoms with Gasteiger partial charge in [0.25, 0.3) is 0 Å². The molecule has 0 saturated heterocycles. The van der Waals surface area contributed by atoms with Crippen molar-refractivity contribution >= 4 is 26.9 Å². The molecule has 2 atom stereocenters. The first kappa shape index (κ1) is 19.1. The molecule has 0 aliphatic heterocycles. The highest BCUT2D eigenvalue weighted by Crippen LogP contribution is 2.26. The second-order valence-corrected chi connectivity index (χ2v) is 9.26. The van der Waals surface area contributed by atoms with Crippen LogP contribution in [-0.4, -0.2) is 13.9 Å². The number of nitrogens with zero attached hydrogens (tertiary/aromatic N) is 1. The molecule has 0 fully saturated rings. The molecule has 7 heteroatoms. The number of hydrogen-bond acceptors (Lipinski definition) is 2. The van der Waals surface area contributed by atoms with Crippen molar-refractivity contribution in [2.75, 3.05) is 0 Å². The first-order valence-corrected chi connectivity index (χ1v) is 9.34. The molecule has 1 aromatic heterocycles. The van der Waals surface area contributed by atoms with Gasteiger partial charge in [0, 0.05) is 16.7 Å². The quantitative estimate of drug-likeness (QED) is 0.781. The van der Waals surface area contributed by atoms with Crippen molar-refractivity contribution in [3.63, 3.8) is 0 Å². The lowest BCUT2D eigenvalue weighted by atomic mass is 10.0. The average Bonchev–Trinajstić information content (AvgIpc) is 2.45. The van der Waals surface area contributed by atoms with E-state index in [9.17, 15) is 13.0 Å². The van der Waals surface area contributed by atoms with E-state index in [1.54, 1.807) is 12.3 Å². The van der Waals surface area contributed by atoms with Crippen LogP contribution < -0.4 is 4.72 Å². The fourth-order valence-electron chi connectivity index (χ4n) is 2.12. The van der Waals surface area contributed by atoms with Crippen molar-refractivity contribution in [3.8, 4) is 0 Å². The molecule has 0 amide bonds. The highest BCUT2D eigenvalue weighted by atomic mass is 79.9. The van der Waals surface area contributed by atoms with Crippen LogP contribution in [0.5, 0.6) is 0 Å². The minimum Gasteiger partial charge on any atom is -0.258 e. The molecule has 1 heterocycles. The maximum Gasteiger partial charge on any atom is 0.126 e. The van der Waals surface area contributed by atoms with E-state index in [4.69, 9.17) is 0 Å². The van der Waals surface area contributed by atoms with Gasteiger partial charge in [-0.2, -0.15) is 0 Å². The number of pyridine rings is 1. The highest BCUT2D eigenvalue weighted by molar-refractivity contribution is 9.10. The number of hydrogen-bond donors (Lipinski definition) is 1. The van der Waals surface area contributed by atoms with Crippen LogP contribution in [0.1, 0.15) is 38.1 Å². The lowest BCUT2D eigenvalue weighted by Gasteiger charge is -2.24. The van der Waals surface area contributed by atoms with Crippen molar-refractivity contribution in [1.29, 1.82) is 0 Å². The van der Waals surface area contributed by atoms with Crippen LogP contribution in [0, 0.1) is 11.6 Å². The summed E-state index contributed by atoms with van der Waals surface area (Å²) < 4.78 is 42.7. The summed E-state index contributed by atoms with van der Waals surface area (Å²) in [5.74, 6) is -1.28. The summed E-state index contributed by atoms with van der Waals surface area (Å²) in [5.41, 5.74) is 1.10. The Labute approximate surface area is 151 Å². The van der Waals surface area contributed by atoms with E-state index < -0.39 is 33.4 Å². The van der Waals surface area contributed by atoms with Crippen LogP contribution in [-0.2, 0) is 17.4 Å². The monoisotopic (exact) mass is 416 g/mol. The van der Waals surface area contributed by atoms with E-state index in [-0.39, 0.29) is 6.42 Å². The number of rotatable bonds is 5. The lowest BCUT2D eigenvalue weighted by molar-refractivity contribution is 0.565. The first-order chi connectivity index (χ1) is 11.2. The van der Waals surface area contributed by atoms with E-state index in [1.807, 2.05) is 26.8 Å². The summed E-state index contributed by atoms with van der Waals surface area (Å²) in [5, 5.41) is 0. The van der Waals surface area contributed by atoms with Crippen molar-refractivity contribution in [2.45, 2.75) is 38.0 Å². The Kier molecular flexibility index (Phi) is 6.22. The molecule has 130 valence electrons. The molecule has 1 aromatic carbocycles. The van der Waals surface area contributed by atoms with Crippen LogP contribution in [0.4, 0.5) is 8.78 Å². The third-order valence-electron chi connectivity index (χ3n) is 3.28. The van der Waals surface area contributed by atoms with Gasteiger partial charge in [0.2, 0.25) is 0 Å². The van der Waals surface area contributed by atoms with Crippen molar-refractivity contribution in [3.05, 3.63) is 63.9 Å². The largest absolute Gasteiger partial charge is 0.258 e. The second-order valence-electron chi connectivity index (χ2n) is 6.40. The maximum atomic E-state index is 13.5. The molecular formula is C17H19BrF2N2OS. The zero-order valence-electron chi connectivity index (χ0n) is 13.6.